The third kappa shape index (κ3) is 4.14. The van der Waals surface area contributed by atoms with E-state index in [1.165, 1.54) is 18.2 Å². The maximum atomic E-state index is 12.6. The molecule has 0 radical (unpaired) electrons. The lowest BCUT2D eigenvalue weighted by atomic mass is 10.1. The predicted octanol–water partition coefficient (Wildman–Crippen LogP) is 3.45. The van der Waals surface area contributed by atoms with Crippen LogP contribution < -0.4 is 5.32 Å². The van der Waals surface area contributed by atoms with Gasteiger partial charge in [0.1, 0.15) is 5.56 Å². The van der Waals surface area contributed by atoms with Gasteiger partial charge in [-0.05, 0) is 31.0 Å². The molecule has 0 atom stereocenters. The molecular formula is C19H18N4O5. The number of fused-ring (bicyclic) bond motifs is 1. The van der Waals surface area contributed by atoms with Gasteiger partial charge < -0.3 is 9.67 Å². The largest absolute Gasteiger partial charge is 0.481 e. The first-order valence-electron chi connectivity index (χ1n) is 8.69. The number of nitrogens with zero attached hydrogens (tertiary/aromatic N) is 3. The molecule has 0 saturated carbocycles. The van der Waals surface area contributed by atoms with E-state index in [4.69, 9.17) is 5.11 Å². The van der Waals surface area contributed by atoms with Crippen molar-refractivity contribution in [1.29, 1.82) is 0 Å². The van der Waals surface area contributed by atoms with Gasteiger partial charge in [0.05, 0.1) is 16.0 Å². The fourth-order valence-corrected chi connectivity index (χ4v) is 2.94. The first-order chi connectivity index (χ1) is 13.5. The Kier molecular flexibility index (Phi) is 5.64. The second-order valence-electron chi connectivity index (χ2n) is 6.15. The van der Waals surface area contributed by atoms with Crippen LogP contribution in [-0.4, -0.2) is 31.5 Å². The number of nitro benzene ring substituents is 1. The van der Waals surface area contributed by atoms with Gasteiger partial charge in [0, 0.05) is 19.0 Å². The summed E-state index contributed by atoms with van der Waals surface area (Å²) in [4.78, 5) is 38.3. The van der Waals surface area contributed by atoms with Crippen LogP contribution in [0.3, 0.4) is 0 Å². The molecule has 3 aromatic rings. The number of rotatable bonds is 8. The van der Waals surface area contributed by atoms with E-state index >= 15 is 0 Å². The van der Waals surface area contributed by atoms with Crippen LogP contribution in [0, 0.1) is 10.1 Å². The van der Waals surface area contributed by atoms with E-state index in [-0.39, 0.29) is 23.6 Å². The number of aliphatic carboxylic acids is 1. The van der Waals surface area contributed by atoms with Gasteiger partial charge in [0.25, 0.3) is 11.6 Å². The Morgan fingerprint density at radius 3 is 2.57 bits per heavy atom. The number of hydrogen-bond acceptors (Lipinski definition) is 5. The van der Waals surface area contributed by atoms with Crippen molar-refractivity contribution in [2.45, 2.75) is 25.8 Å². The number of imidazole rings is 1. The zero-order chi connectivity index (χ0) is 20.1. The topological polar surface area (TPSA) is 127 Å². The first-order valence-corrected chi connectivity index (χ1v) is 8.69. The average molecular weight is 382 g/mol. The van der Waals surface area contributed by atoms with Crippen LogP contribution in [0.2, 0.25) is 0 Å². The Morgan fingerprint density at radius 1 is 1.11 bits per heavy atom. The molecule has 0 bridgehead atoms. The number of carbonyl (C=O) groups excluding carboxylic acids is 1. The molecule has 0 aliphatic rings. The molecular weight excluding hydrogens is 364 g/mol. The number of aryl methyl sites for hydroxylation is 1. The van der Waals surface area contributed by atoms with E-state index in [1.807, 2.05) is 18.2 Å². The fourth-order valence-electron chi connectivity index (χ4n) is 2.94. The molecule has 2 N–H and O–H groups in total. The molecule has 9 nitrogen and oxygen atoms in total. The quantitative estimate of drug-likeness (QED) is 0.349. The molecule has 144 valence electrons. The van der Waals surface area contributed by atoms with E-state index < -0.39 is 16.8 Å². The summed E-state index contributed by atoms with van der Waals surface area (Å²) in [6.07, 6.45) is 1.13. The van der Waals surface area contributed by atoms with Crippen LogP contribution in [0.1, 0.15) is 29.6 Å². The number of anilines is 1. The zero-order valence-electron chi connectivity index (χ0n) is 14.9. The number of nitrogens with one attached hydrogen (secondary N) is 1. The molecule has 2 aromatic carbocycles. The Morgan fingerprint density at radius 2 is 1.82 bits per heavy atom. The highest BCUT2D eigenvalue weighted by molar-refractivity contribution is 6.06. The van der Waals surface area contributed by atoms with E-state index in [1.54, 1.807) is 16.7 Å². The van der Waals surface area contributed by atoms with Crippen molar-refractivity contribution in [3.05, 3.63) is 64.2 Å². The molecule has 9 heteroatoms. The van der Waals surface area contributed by atoms with Crippen LogP contribution in [-0.2, 0) is 11.3 Å². The second-order valence-corrected chi connectivity index (χ2v) is 6.15. The van der Waals surface area contributed by atoms with Gasteiger partial charge in [-0.15, -0.1) is 0 Å². The minimum absolute atomic E-state index is 0.0583. The molecule has 1 amide bonds. The highest BCUT2D eigenvalue weighted by atomic mass is 16.6. The van der Waals surface area contributed by atoms with Gasteiger partial charge in [-0.1, -0.05) is 24.3 Å². The SMILES string of the molecule is O=C(O)CCCCn1c(NC(=O)c2ccccc2[N+](=O)[O-])nc2ccccc21. The number of benzene rings is 2. The van der Waals surface area contributed by atoms with Crippen LogP contribution in [0.15, 0.2) is 48.5 Å². The number of carboxylic acid groups (broad SMARTS) is 1. The van der Waals surface area contributed by atoms with Crippen molar-refractivity contribution in [2.75, 3.05) is 5.32 Å². The molecule has 0 spiro atoms. The number of para-hydroxylation sites is 3. The number of hydrogen-bond donors (Lipinski definition) is 2. The Balaban J connectivity index is 1.88. The molecule has 3 rings (SSSR count). The lowest BCUT2D eigenvalue weighted by molar-refractivity contribution is -0.385. The summed E-state index contributed by atoms with van der Waals surface area (Å²) in [5, 5.41) is 22.6. The molecule has 28 heavy (non-hydrogen) atoms. The van der Waals surface area contributed by atoms with E-state index in [0.717, 1.165) is 5.52 Å². The summed E-state index contributed by atoms with van der Waals surface area (Å²) in [6, 6.07) is 13.0. The van der Waals surface area contributed by atoms with Gasteiger partial charge in [-0.2, -0.15) is 0 Å². The van der Waals surface area contributed by atoms with Crippen molar-refractivity contribution in [2.24, 2.45) is 0 Å². The minimum atomic E-state index is -0.861. The monoisotopic (exact) mass is 382 g/mol. The summed E-state index contributed by atoms with van der Waals surface area (Å²) in [6.45, 7) is 0.459. The maximum Gasteiger partial charge on any atom is 0.303 e. The van der Waals surface area contributed by atoms with Gasteiger partial charge in [-0.3, -0.25) is 25.0 Å². The number of carbonyl (C=O) groups is 2. The third-order valence-electron chi connectivity index (χ3n) is 4.25. The zero-order valence-corrected chi connectivity index (χ0v) is 14.9. The van der Waals surface area contributed by atoms with Crippen LogP contribution >= 0.6 is 0 Å². The molecule has 0 fully saturated rings. The lowest BCUT2D eigenvalue weighted by Crippen LogP contribution is -2.17. The van der Waals surface area contributed by atoms with Crippen molar-refractivity contribution < 1.29 is 19.6 Å². The van der Waals surface area contributed by atoms with Gasteiger partial charge in [-0.25, -0.2) is 4.98 Å². The van der Waals surface area contributed by atoms with Crippen LogP contribution in [0.5, 0.6) is 0 Å². The highest BCUT2D eigenvalue weighted by Crippen LogP contribution is 2.23. The second kappa shape index (κ2) is 8.30. The Labute approximate surface area is 159 Å². The fraction of sp³-hybridized carbons (Fsp3) is 0.211. The van der Waals surface area contributed by atoms with Crippen LogP contribution in [0.4, 0.5) is 11.6 Å². The number of aromatic nitrogens is 2. The number of amides is 1. The summed E-state index contributed by atoms with van der Waals surface area (Å²) >= 11 is 0. The van der Waals surface area contributed by atoms with Crippen molar-refractivity contribution in [3.8, 4) is 0 Å². The summed E-state index contributed by atoms with van der Waals surface area (Å²) in [5.41, 5.74) is 1.11. The van der Waals surface area contributed by atoms with Crippen molar-refractivity contribution in [1.82, 2.24) is 9.55 Å². The van der Waals surface area contributed by atoms with Gasteiger partial charge in [0.15, 0.2) is 0 Å². The van der Waals surface area contributed by atoms with Crippen LogP contribution in [0.25, 0.3) is 11.0 Å². The molecule has 1 aromatic heterocycles. The molecule has 0 unspecified atom stereocenters. The third-order valence-corrected chi connectivity index (χ3v) is 4.25. The first kappa shape index (κ1) is 19.0. The highest BCUT2D eigenvalue weighted by Gasteiger charge is 2.21. The minimum Gasteiger partial charge on any atom is -0.481 e. The van der Waals surface area contributed by atoms with E-state index in [0.29, 0.717) is 24.9 Å². The Hall–Kier alpha value is -3.75. The number of carboxylic acids is 1. The van der Waals surface area contributed by atoms with Crippen molar-refractivity contribution in [3.63, 3.8) is 0 Å². The summed E-state index contributed by atoms with van der Waals surface area (Å²) in [7, 11) is 0. The van der Waals surface area contributed by atoms with E-state index in [9.17, 15) is 19.7 Å². The summed E-state index contributed by atoms with van der Waals surface area (Å²) in [5.74, 6) is -1.23. The number of unbranched alkanes of at least 4 members (excludes halogenated alkanes) is 1. The average Bonchev–Trinajstić information content (AvgIpc) is 3.02. The predicted molar refractivity (Wildman–Crippen MR) is 102 cm³/mol. The maximum absolute atomic E-state index is 12.6. The Bertz CT molecular complexity index is 1040. The molecule has 0 aliphatic heterocycles. The van der Waals surface area contributed by atoms with Crippen molar-refractivity contribution >= 4 is 34.5 Å². The summed E-state index contributed by atoms with van der Waals surface area (Å²) < 4.78 is 1.78. The standard InChI is InChI=1S/C19H18N4O5/c24-17(25)11-5-6-12-22-16-10-4-2-8-14(16)20-19(22)21-18(26)13-7-1-3-9-15(13)23(27)28/h1-4,7-10H,5-6,11-12H2,(H,24,25)(H,20,21,26). The van der Waals surface area contributed by atoms with Gasteiger partial charge >= 0.3 is 5.97 Å². The normalized spacial score (nSPS) is 10.7. The molecule has 1 heterocycles. The van der Waals surface area contributed by atoms with E-state index in [2.05, 4.69) is 10.3 Å². The van der Waals surface area contributed by atoms with Gasteiger partial charge in [0.2, 0.25) is 5.95 Å². The molecule has 0 saturated heterocycles. The smallest absolute Gasteiger partial charge is 0.303 e. The molecule has 0 aliphatic carbocycles. The lowest BCUT2D eigenvalue weighted by Gasteiger charge is -2.10. The number of nitro groups is 1.